The van der Waals surface area contributed by atoms with Gasteiger partial charge >= 0.3 is 0 Å². The largest absolute Gasteiger partial charge is 0.447 e. The van der Waals surface area contributed by atoms with Gasteiger partial charge < -0.3 is 9.73 Å². The summed E-state index contributed by atoms with van der Waals surface area (Å²) in [4.78, 5) is 16.5. The number of thioether (sulfide) groups is 1. The molecule has 0 bridgehead atoms. The van der Waals surface area contributed by atoms with Gasteiger partial charge in [0.2, 0.25) is 5.89 Å². The first-order valence-corrected chi connectivity index (χ1v) is 11.6. The van der Waals surface area contributed by atoms with Gasteiger partial charge in [0.15, 0.2) is 10.9 Å². The molecule has 4 aromatic rings. The summed E-state index contributed by atoms with van der Waals surface area (Å²) in [6.07, 6.45) is 4.03. The van der Waals surface area contributed by atoms with Crippen molar-refractivity contribution in [3.63, 3.8) is 0 Å². The zero-order valence-electron chi connectivity index (χ0n) is 17.9. The van der Waals surface area contributed by atoms with E-state index in [1.165, 1.54) is 23.6 Å². The van der Waals surface area contributed by atoms with Gasteiger partial charge in [0, 0.05) is 18.7 Å². The molecule has 1 N–H and O–H groups in total. The zero-order chi connectivity index (χ0) is 22.2. The van der Waals surface area contributed by atoms with Crippen LogP contribution >= 0.6 is 11.8 Å². The summed E-state index contributed by atoms with van der Waals surface area (Å²) < 4.78 is 7.57. The van der Waals surface area contributed by atoms with E-state index >= 15 is 0 Å². The molecule has 4 rings (SSSR count). The third kappa shape index (κ3) is 5.45. The summed E-state index contributed by atoms with van der Waals surface area (Å²) in [7, 11) is 0. The molecule has 0 aliphatic heterocycles. The first kappa shape index (κ1) is 21.8. The Morgan fingerprint density at radius 2 is 1.81 bits per heavy atom. The molecule has 0 spiro atoms. The summed E-state index contributed by atoms with van der Waals surface area (Å²) in [6, 6.07) is 20.2. The highest BCUT2D eigenvalue weighted by atomic mass is 32.2. The SMILES string of the molecule is CCCCNC(=O)c1coc(CSc2nnc(Cc3ccccc3)n2-c2ccccc2)n1. The minimum absolute atomic E-state index is 0.212. The number of unbranched alkanes of at least 4 members (excludes halogenated alkanes) is 1. The number of benzene rings is 2. The second-order valence-corrected chi connectivity index (χ2v) is 8.20. The maximum absolute atomic E-state index is 12.2. The lowest BCUT2D eigenvalue weighted by Crippen LogP contribution is -2.24. The molecule has 32 heavy (non-hydrogen) atoms. The van der Waals surface area contributed by atoms with Crippen LogP contribution in [0, 0.1) is 0 Å². The van der Waals surface area contributed by atoms with Crippen LogP contribution in [0.15, 0.2) is 76.5 Å². The lowest BCUT2D eigenvalue weighted by Gasteiger charge is -2.10. The van der Waals surface area contributed by atoms with E-state index in [1.807, 2.05) is 48.5 Å². The smallest absolute Gasteiger partial charge is 0.273 e. The van der Waals surface area contributed by atoms with E-state index in [9.17, 15) is 4.79 Å². The van der Waals surface area contributed by atoms with Gasteiger partial charge in [0.05, 0.1) is 5.75 Å². The molecule has 0 atom stereocenters. The molecular formula is C24H25N5O2S. The Bertz CT molecular complexity index is 1140. The average molecular weight is 448 g/mol. The van der Waals surface area contributed by atoms with Crippen LogP contribution < -0.4 is 5.32 Å². The number of rotatable bonds is 10. The minimum Gasteiger partial charge on any atom is -0.447 e. The number of nitrogens with zero attached hydrogens (tertiary/aromatic N) is 4. The van der Waals surface area contributed by atoms with Crippen molar-refractivity contribution in [1.82, 2.24) is 25.1 Å². The van der Waals surface area contributed by atoms with Crippen LogP contribution in [0.25, 0.3) is 5.69 Å². The maximum atomic E-state index is 12.2. The van der Waals surface area contributed by atoms with Crippen molar-refractivity contribution >= 4 is 17.7 Å². The van der Waals surface area contributed by atoms with Gasteiger partial charge in [-0.2, -0.15) is 0 Å². The Hall–Kier alpha value is -3.39. The van der Waals surface area contributed by atoms with Crippen LogP contribution in [-0.2, 0) is 12.2 Å². The Morgan fingerprint density at radius 1 is 1.06 bits per heavy atom. The summed E-state index contributed by atoms with van der Waals surface area (Å²) in [5.74, 6) is 1.56. The van der Waals surface area contributed by atoms with Crippen molar-refractivity contribution in [2.45, 2.75) is 37.1 Å². The molecule has 164 valence electrons. The number of para-hydroxylation sites is 1. The summed E-state index contributed by atoms with van der Waals surface area (Å²) in [5.41, 5.74) is 2.46. The minimum atomic E-state index is -0.212. The van der Waals surface area contributed by atoms with Crippen molar-refractivity contribution in [1.29, 1.82) is 0 Å². The molecule has 0 saturated heterocycles. The number of amides is 1. The normalized spacial score (nSPS) is 10.9. The fourth-order valence-corrected chi connectivity index (χ4v) is 4.02. The van der Waals surface area contributed by atoms with Crippen molar-refractivity contribution < 1.29 is 9.21 Å². The second kappa shape index (κ2) is 10.8. The van der Waals surface area contributed by atoms with Crippen LogP contribution in [0.4, 0.5) is 0 Å². The van der Waals surface area contributed by atoms with Crippen molar-refractivity contribution in [3.8, 4) is 5.69 Å². The molecule has 8 heteroatoms. The van der Waals surface area contributed by atoms with Gasteiger partial charge in [-0.1, -0.05) is 73.6 Å². The van der Waals surface area contributed by atoms with Gasteiger partial charge in [-0.25, -0.2) is 4.98 Å². The van der Waals surface area contributed by atoms with E-state index in [4.69, 9.17) is 4.42 Å². The number of oxazole rings is 1. The molecule has 7 nitrogen and oxygen atoms in total. The number of carbonyl (C=O) groups excluding carboxylic acids is 1. The van der Waals surface area contributed by atoms with Gasteiger partial charge in [0.1, 0.15) is 12.1 Å². The highest BCUT2D eigenvalue weighted by Gasteiger charge is 2.17. The van der Waals surface area contributed by atoms with E-state index in [1.54, 1.807) is 0 Å². The van der Waals surface area contributed by atoms with E-state index < -0.39 is 0 Å². The maximum Gasteiger partial charge on any atom is 0.273 e. The molecular weight excluding hydrogens is 422 g/mol. The van der Waals surface area contributed by atoms with Crippen LogP contribution in [0.2, 0.25) is 0 Å². The molecule has 2 heterocycles. The van der Waals surface area contributed by atoms with E-state index in [0.717, 1.165) is 29.5 Å². The lowest BCUT2D eigenvalue weighted by atomic mass is 10.1. The first-order chi connectivity index (χ1) is 15.7. The Kier molecular flexibility index (Phi) is 7.34. The fourth-order valence-electron chi connectivity index (χ4n) is 3.20. The number of carbonyl (C=O) groups is 1. The van der Waals surface area contributed by atoms with E-state index in [2.05, 4.69) is 44.1 Å². The monoisotopic (exact) mass is 447 g/mol. The van der Waals surface area contributed by atoms with Crippen LogP contribution in [-0.4, -0.2) is 32.2 Å². The standard InChI is InChI=1S/C24H25N5O2S/c1-2-3-14-25-23(30)20-16-31-22(26-20)17-32-24-28-27-21(15-18-10-6-4-7-11-18)29(24)19-12-8-5-9-13-19/h4-13,16H,2-3,14-15,17H2,1H3,(H,25,30). The lowest BCUT2D eigenvalue weighted by molar-refractivity contribution is 0.0948. The highest BCUT2D eigenvalue weighted by molar-refractivity contribution is 7.98. The summed E-state index contributed by atoms with van der Waals surface area (Å²) in [6.45, 7) is 2.72. The predicted molar refractivity (Wildman–Crippen MR) is 124 cm³/mol. The Balaban J connectivity index is 1.50. The average Bonchev–Trinajstić information content (AvgIpc) is 3.46. The third-order valence-electron chi connectivity index (χ3n) is 4.84. The summed E-state index contributed by atoms with van der Waals surface area (Å²) >= 11 is 1.47. The molecule has 1 amide bonds. The van der Waals surface area contributed by atoms with E-state index in [0.29, 0.717) is 30.3 Å². The van der Waals surface area contributed by atoms with Gasteiger partial charge in [-0.3, -0.25) is 9.36 Å². The van der Waals surface area contributed by atoms with Crippen LogP contribution in [0.1, 0.15) is 47.5 Å². The highest BCUT2D eigenvalue weighted by Crippen LogP contribution is 2.26. The topological polar surface area (TPSA) is 85.8 Å². The quantitative estimate of drug-likeness (QED) is 0.281. The van der Waals surface area contributed by atoms with Gasteiger partial charge in [0.25, 0.3) is 5.91 Å². The molecule has 2 aromatic heterocycles. The summed E-state index contributed by atoms with van der Waals surface area (Å²) in [5, 5.41) is 12.5. The Labute approximate surface area is 191 Å². The molecule has 0 unspecified atom stereocenters. The van der Waals surface area contributed by atoms with Gasteiger partial charge in [-0.05, 0) is 24.1 Å². The van der Waals surface area contributed by atoms with Crippen LogP contribution in [0.3, 0.4) is 0 Å². The molecule has 0 saturated carbocycles. The molecule has 0 aliphatic rings. The third-order valence-corrected chi connectivity index (χ3v) is 5.76. The molecule has 0 fully saturated rings. The zero-order valence-corrected chi connectivity index (χ0v) is 18.7. The molecule has 2 aromatic carbocycles. The van der Waals surface area contributed by atoms with Crippen molar-refractivity contribution in [2.75, 3.05) is 6.54 Å². The predicted octanol–water partition coefficient (Wildman–Crippen LogP) is 4.67. The number of nitrogens with one attached hydrogen (secondary N) is 1. The number of hydrogen-bond acceptors (Lipinski definition) is 6. The number of aromatic nitrogens is 4. The molecule has 0 radical (unpaired) electrons. The second-order valence-electron chi connectivity index (χ2n) is 7.26. The van der Waals surface area contributed by atoms with Crippen molar-refractivity contribution in [2.24, 2.45) is 0 Å². The van der Waals surface area contributed by atoms with Crippen molar-refractivity contribution in [3.05, 3.63) is 89.9 Å². The first-order valence-electron chi connectivity index (χ1n) is 10.6. The fraction of sp³-hybridized carbons (Fsp3) is 0.250. The molecule has 0 aliphatic carbocycles. The van der Waals surface area contributed by atoms with Crippen LogP contribution in [0.5, 0.6) is 0 Å². The van der Waals surface area contributed by atoms with E-state index in [-0.39, 0.29) is 5.91 Å². The van der Waals surface area contributed by atoms with Gasteiger partial charge in [-0.15, -0.1) is 10.2 Å². The number of hydrogen-bond donors (Lipinski definition) is 1. The Morgan fingerprint density at radius 3 is 2.56 bits per heavy atom.